The highest BCUT2D eigenvalue weighted by atomic mass is 32.1. The van der Waals surface area contributed by atoms with Crippen molar-refractivity contribution in [1.82, 2.24) is 5.32 Å². The van der Waals surface area contributed by atoms with Crippen LogP contribution in [0, 0.1) is 18.8 Å². The molecule has 2 heterocycles. The first-order chi connectivity index (χ1) is 9.19. The van der Waals surface area contributed by atoms with Gasteiger partial charge < -0.3 is 11.1 Å². The smallest absolute Gasteiger partial charge is 0.261 e. The Morgan fingerprint density at radius 1 is 1.32 bits per heavy atom. The topological polar surface area (TPSA) is 55.1 Å². The van der Waals surface area contributed by atoms with Crippen molar-refractivity contribution in [3.05, 3.63) is 43.8 Å². The number of aryl methyl sites for hydroxylation is 1. The number of carbonyl (C=O) groups is 1. The van der Waals surface area contributed by atoms with Crippen LogP contribution in [-0.4, -0.2) is 12.5 Å². The molecule has 19 heavy (non-hydrogen) atoms. The van der Waals surface area contributed by atoms with E-state index in [1.807, 2.05) is 12.1 Å². The van der Waals surface area contributed by atoms with Crippen LogP contribution in [-0.2, 0) is 6.54 Å². The summed E-state index contributed by atoms with van der Waals surface area (Å²) in [5.41, 5.74) is 5.31. The third-order valence-corrected chi connectivity index (χ3v) is 4.36. The van der Waals surface area contributed by atoms with Crippen molar-refractivity contribution in [1.29, 1.82) is 0 Å². The van der Waals surface area contributed by atoms with Gasteiger partial charge in [-0.25, -0.2) is 0 Å². The molecule has 0 atom stereocenters. The van der Waals surface area contributed by atoms with Gasteiger partial charge in [-0.15, -0.1) is 22.7 Å². The molecule has 1 amide bonds. The molecule has 0 unspecified atom stereocenters. The molecule has 0 aliphatic heterocycles. The van der Waals surface area contributed by atoms with Gasteiger partial charge in [-0.2, -0.15) is 0 Å². The molecule has 2 aromatic heterocycles. The van der Waals surface area contributed by atoms with E-state index < -0.39 is 0 Å². The lowest BCUT2D eigenvalue weighted by Crippen LogP contribution is -2.21. The summed E-state index contributed by atoms with van der Waals surface area (Å²) in [6.45, 7) is 2.95. The predicted molar refractivity (Wildman–Crippen MR) is 80.5 cm³/mol. The number of thiophene rings is 2. The number of hydrogen-bond acceptors (Lipinski definition) is 4. The van der Waals surface area contributed by atoms with E-state index in [9.17, 15) is 4.79 Å². The van der Waals surface area contributed by atoms with Gasteiger partial charge in [0.15, 0.2) is 0 Å². The van der Waals surface area contributed by atoms with Crippen LogP contribution in [0.25, 0.3) is 0 Å². The molecule has 98 valence electrons. The van der Waals surface area contributed by atoms with Gasteiger partial charge in [0.1, 0.15) is 0 Å². The third kappa shape index (κ3) is 3.93. The molecule has 0 fully saturated rings. The molecular weight excluding hydrogens is 276 g/mol. The molecule has 2 aromatic rings. The van der Waals surface area contributed by atoms with E-state index in [1.165, 1.54) is 16.2 Å². The summed E-state index contributed by atoms with van der Waals surface area (Å²) < 4.78 is 0. The Morgan fingerprint density at radius 3 is 2.84 bits per heavy atom. The van der Waals surface area contributed by atoms with Crippen molar-refractivity contribution in [3.8, 4) is 11.8 Å². The standard InChI is InChI=1S/C14H14N2OS2/c1-10-4-5-12(18-10)9-16-14(17)13-7-6-11(19-13)3-2-8-15/h4-7H,8-9,15H2,1H3,(H,16,17). The largest absolute Gasteiger partial charge is 0.346 e. The number of nitrogens with one attached hydrogen (secondary N) is 1. The quantitative estimate of drug-likeness (QED) is 0.853. The number of rotatable bonds is 3. The van der Waals surface area contributed by atoms with Gasteiger partial charge in [0, 0.05) is 9.75 Å². The first-order valence-electron chi connectivity index (χ1n) is 5.81. The minimum absolute atomic E-state index is 0.0585. The Kier molecular flexibility index (Phi) is 4.74. The molecule has 0 saturated heterocycles. The monoisotopic (exact) mass is 290 g/mol. The van der Waals surface area contributed by atoms with Gasteiger partial charge >= 0.3 is 0 Å². The normalized spacial score (nSPS) is 9.79. The maximum Gasteiger partial charge on any atom is 0.261 e. The highest BCUT2D eigenvalue weighted by Gasteiger charge is 2.08. The lowest BCUT2D eigenvalue weighted by atomic mass is 10.4. The van der Waals surface area contributed by atoms with Crippen LogP contribution in [0.15, 0.2) is 24.3 Å². The van der Waals surface area contributed by atoms with Crippen molar-refractivity contribution in [3.63, 3.8) is 0 Å². The van der Waals surface area contributed by atoms with Crippen LogP contribution in [0.5, 0.6) is 0 Å². The van der Waals surface area contributed by atoms with E-state index in [0.717, 1.165) is 9.75 Å². The zero-order valence-electron chi connectivity index (χ0n) is 10.5. The molecule has 5 heteroatoms. The Bertz CT molecular complexity index is 631. The van der Waals surface area contributed by atoms with Gasteiger partial charge in [-0.3, -0.25) is 4.79 Å². The Labute approximate surface area is 120 Å². The minimum Gasteiger partial charge on any atom is -0.346 e. The van der Waals surface area contributed by atoms with E-state index in [-0.39, 0.29) is 5.91 Å². The summed E-state index contributed by atoms with van der Waals surface area (Å²) >= 11 is 3.08. The fourth-order valence-electron chi connectivity index (χ4n) is 1.50. The van der Waals surface area contributed by atoms with Crippen LogP contribution in [0.1, 0.15) is 24.3 Å². The third-order valence-electron chi connectivity index (χ3n) is 2.36. The summed E-state index contributed by atoms with van der Waals surface area (Å²) in [7, 11) is 0. The van der Waals surface area contributed by atoms with Crippen molar-refractivity contribution < 1.29 is 4.79 Å². The molecule has 3 N–H and O–H groups in total. The summed E-state index contributed by atoms with van der Waals surface area (Å²) in [4.78, 5) is 15.9. The van der Waals surface area contributed by atoms with Gasteiger partial charge in [0.05, 0.1) is 22.8 Å². The zero-order chi connectivity index (χ0) is 13.7. The van der Waals surface area contributed by atoms with Gasteiger partial charge in [-0.05, 0) is 31.2 Å². The van der Waals surface area contributed by atoms with E-state index >= 15 is 0 Å². The highest BCUT2D eigenvalue weighted by Crippen LogP contribution is 2.17. The molecule has 3 nitrogen and oxygen atoms in total. The number of amides is 1. The summed E-state index contributed by atoms with van der Waals surface area (Å²) in [6, 6.07) is 7.72. The number of nitrogens with two attached hydrogens (primary N) is 1. The molecule has 0 aliphatic rings. The van der Waals surface area contributed by atoms with Crippen LogP contribution in [0.4, 0.5) is 0 Å². The Morgan fingerprint density at radius 2 is 2.16 bits per heavy atom. The fourth-order valence-corrected chi connectivity index (χ4v) is 3.13. The van der Waals surface area contributed by atoms with E-state index in [4.69, 9.17) is 5.73 Å². The van der Waals surface area contributed by atoms with Crippen LogP contribution >= 0.6 is 22.7 Å². The molecule has 0 saturated carbocycles. The second-order valence-electron chi connectivity index (χ2n) is 3.86. The van der Waals surface area contributed by atoms with E-state index in [2.05, 4.69) is 30.1 Å². The van der Waals surface area contributed by atoms with Crippen LogP contribution < -0.4 is 11.1 Å². The molecular formula is C14H14N2OS2. The summed E-state index contributed by atoms with van der Waals surface area (Å²) in [6.07, 6.45) is 0. The lowest BCUT2D eigenvalue weighted by Gasteiger charge is -2.00. The van der Waals surface area contributed by atoms with E-state index in [1.54, 1.807) is 17.4 Å². The molecule has 0 bridgehead atoms. The Hall–Kier alpha value is -1.61. The summed E-state index contributed by atoms with van der Waals surface area (Å²) in [5.74, 6) is 5.64. The molecule has 0 spiro atoms. The second kappa shape index (κ2) is 6.53. The van der Waals surface area contributed by atoms with Gasteiger partial charge in [0.25, 0.3) is 5.91 Å². The van der Waals surface area contributed by atoms with Crippen molar-refractivity contribution >= 4 is 28.6 Å². The maximum atomic E-state index is 11.9. The van der Waals surface area contributed by atoms with Crippen LogP contribution in [0.2, 0.25) is 0 Å². The molecule has 0 aliphatic carbocycles. The molecule has 0 radical (unpaired) electrons. The van der Waals surface area contributed by atoms with E-state index in [0.29, 0.717) is 18.0 Å². The fraction of sp³-hybridized carbons (Fsp3) is 0.214. The first-order valence-corrected chi connectivity index (χ1v) is 7.44. The van der Waals surface area contributed by atoms with Crippen molar-refractivity contribution in [2.24, 2.45) is 5.73 Å². The second-order valence-corrected chi connectivity index (χ2v) is 6.32. The predicted octanol–water partition coefficient (Wildman–Crippen LogP) is 2.36. The van der Waals surface area contributed by atoms with Crippen LogP contribution in [0.3, 0.4) is 0 Å². The SMILES string of the molecule is Cc1ccc(CNC(=O)c2ccc(C#CCN)s2)s1. The number of hydrogen-bond donors (Lipinski definition) is 2. The average Bonchev–Trinajstić information content (AvgIpc) is 3.02. The first kappa shape index (κ1) is 13.8. The highest BCUT2D eigenvalue weighted by molar-refractivity contribution is 7.14. The molecule has 2 rings (SSSR count). The minimum atomic E-state index is -0.0585. The van der Waals surface area contributed by atoms with Crippen molar-refractivity contribution in [2.45, 2.75) is 13.5 Å². The van der Waals surface area contributed by atoms with Crippen molar-refractivity contribution in [2.75, 3.05) is 6.54 Å². The maximum absolute atomic E-state index is 11.9. The Balaban J connectivity index is 1.94. The van der Waals surface area contributed by atoms with Gasteiger partial charge in [0.2, 0.25) is 0 Å². The zero-order valence-corrected chi connectivity index (χ0v) is 12.2. The number of carbonyl (C=O) groups excluding carboxylic acids is 1. The summed E-state index contributed by atoms with van der Waals surface area (Å²) in [5, 5.41) is 2.91. The lowest BCUT2D eigenvalue weighted by molar-refractivity contribution is 0.0955. The molecule has 0 aromatic carbocycles. The van der Waals surface area contributed by atoms with Gasteiger partial charge in [-0.1, -0.05) is 11.8 Å². The average molecular weight is 290 g/mol.